The van der Waals surface area contributed by atoms with Crippen LogP contribution in [0.1, 0.15) is 0 Å². The number of hydrogen-bond donors (Lipinski definition) is 0. The zero-order valence-corrected chi connectivity index (χ0v) is 7.74. The van der Waals surface area contributed by atoms with Crippen LogP contribution in [0.15, 0.2) is 18.2 Å². The van der Waals surface area contributed by atoms with E-state index in [1.54, 1.807) is 18.2 Å². The van der Waals surface area contributed by atoms with Gasteiger partial charge in [0.25, 0.3) is 0 Å². The van der Waals surface area contributed by atoms with Gasteiger partial charge in [-0.2, -0.15) is 0 Å². The standard InChI is InChI=1S/C7H5N2O2.BF4/c8-9-5-1-2-6-7(3-5)11-4-10-6;2-1(3,4)5/h1-3H,4H2;/q+1;-1. The molecular formula is C7H5BF4N2O2. The summed E-state index contributed by atoms with van der Waals surface area (Å²) in [5.41, 5.74) is 0.467. The van der Waals surface area contributed by atoms with E-state index in [0.29, 0.717) is 17.2 Å². The van der Waals surface area contributed by atoms with Gasteiger partial charge in [0.15, 0.2) is 16.5 Å². The largest absolute Gasteiger partial charge is 0.673 e. The first-order valence-electron chi connectivity index (χ1n) is 4.02. The fourth-order valence-electron chi connectivity index (χ4n) is 0.947. The maximum absolute atomic E-state index is 9.75. The number of hydrogen-bond acceptors (Lipinski definition) is 3. The predicted octanol–water partition coefficient (Wildman–Crippen LogP) is 3.20. The van der Waals surface area contributed by atoms with Crippen molar-refractivity contribution in [3.05, 3.63) is 23.2 Å². The second-order valence-corrected chi connectivity index (χ2v) is 2.63. The van der Waals surface area contributed by atoms with E-state index in [1.165, 1.54) is 0 Å². The van der Waals surface area contributed by atoms with Crippen LogP contribution < -0.4 is 9.47 Å². The average Bonchev–Trinajstić information content (AvgIpc) is 2.61. The van der Waals surface area contributed by atoms with Gasteiger partial charge in [-0.1, -0.05) is 0 Å². The fourth-order valence-corrected chi connectivity index (χ4v) is 0.947. The minimum atomic E-state index is -6.00. The van der Waals surface area contributed by atoms with Crippen molar-refractivity contribution in [1.29, 1.82) is 5.39 Å². The minimum absolute atomic E-state index is 0.240. The van der Waals surface area contributed by atoms with Gasteiger partial charge >= 0.3 is 12.9 Å². The van der Waals surface area contributed by atoms with Gasteiger partial charge in [-0.3, -0.25) is 0 Å². The summed E-state index contributed by atoms with van der Waals surface area (Å²) < 4.78 is 49.1. The normalized spacial score (nSPS) is 12.4. The topological polar surface area (TPSA) is 46.6 Å². The highest BCUT2D eigenvalue weighted by molar-refractivity contribution is 6.50. The molecular weight excluding hydrogens is 231 g/mol. The van der Waals surface area contributed by atoms with Gasteiger partial charge in [-0.05, 0) is 6.07 Å². The monoisotopic (exact) mass is 236 g/mol. The summed E-state index contributed by atoms with van der Waals surface area (Å²) in [6.07, 6.45) is 0. The van der Waals surface area contributed by atoms with Gasteiger partial charge in [0.2, 0.25) is 12.2 Å². The van der Waals surface area contributed by atoms with Crippen LogP contribution in [0.3, 0.4) is 0 Å². The van der Waals surface area contributed by atoms with Gasteiger partial charge < -0.3 is 26.7 Å². The Balaban J connectivity index is 0.000000221. The van der Waals surface area contributed by atoms with Crippen molar-refractivity contribution in [2.75, 3.05) is 6.79 Å². The summed E-state index contributed by atoms with van der Waals surface area (Å²) in [5.74, 6) is 1.32. The van der Waals surface area contributed by atoms with E-state index in [9.17, 15) is 17.3 Å². The molecule has 0 spiro atoms. The molecule has 2 rings (SSSR count). The number of diazo groups is 1. The van der Waals surface area contributed by atoms with Crippen molar-refractivity contribution in [3.63, 3.8) is 0 Å². The first-order valence-corrected chi connectivity index (χ1v) is 4.02. The molecule has 9 heteroatoms. The van der Waals surface area contributed by atoms with Crippen molar-refractivity contribution in [1.82, 2.24) is 0 Å². The van der Waals surface area contributed by atoms with Crippen LogP contribution in [0.5, 0.6) is 11.5 Å². The zero-order chi connectivity index (χ0) is 12.2. The van der Waals surface area contributed by atoms with E-state index in [-0.39, 0.29) is 6.79 Å². The molecule has 0 saturated carbocycles. The molecule has 0 atom stereocenters. The van der Waals surface area contributed by atoms with Crippen molar-refractivity contribution in [2.24, 2.45) is 0 Å². The average molecular weight is 236 g/mol. The van der Waals surface area contributed by atoms with E-state index in [2.05, 4.69) is 4.98 Å². The summed E-state index contributed by atoms with van der Waals surface area (Å²) in [7, 11) is -6.00. The van der Waals surface area contributed by atoms with Gasteiger partial charge in [-0.25, -0.2) is 0 Å². The lowest BCUT2D eigenvalue weighted by atomic mass is 10.3. The van der Waals surface area contributed by atoms with Crippen LogP contribution in [0.4, 0.5) is 23.0 Å². The third kappa shape index (κ3) is 4.04. The highest BCUT2D eigenvalue weighted by Gasteiger charge is 2.20. The van der Waals surface area contributed by atoms with Crippen molar-refractivity contribution in [2.45, 2.75) is 0 Å². The summed E-state index contributed by atoms with van der Waals surface area (Å²) in [6.45, 7) is 0.240. The first kappa shape index (κ1) is 12.1. The molecule has 0 aromatic heterocycles. The van der Waals surface area contributed by atoms with Crippen LogP contribution in [0, 0.1) is 5.39 Å². The molecule has 0 bridgehead atoms. The summed E-state index contributed by atoms with van der Waals surface area (Å²) in [4.78, 5) is 3.01. The Morgan fingerprint density at radius 3 is 2.25 bits per heavy atom. The number of fused-ring (bicyclic) bond motifs is 1. The van der Waals surface area contributed by atoms with Crippen LogP contribution >= 0.6 is 0 Å². The fraction of sp³-hybridized carbons (Fsp3) is 0.143. The smallest absolute Gasteiger partial charge is 0.454 e. The molecule has 1 aliphatic rings. The summed E-state index contributed by atoms with van der Waals surface area (Å²) in [6, 6.07) is 4.97. The second kappa shape index (κ2) is 4.70. The lowest BCUT2D eigenvalue weighted by Gasteiger charge is -1.94. The molecule has 1 heterocycles. The molecule has 4 nitrogen and oxygen atoms in total. The third-order valence-corrected chi connectivity index (χ3v) is 1.47. The summed E-state index contributed by atoms with van der Waals surface area (Å²) >= 11 is 0. The van der Waals surface area contributed by atoms with Crippen molar-refractivity contribution in [3.8, 4) is 11.5 Å². The van der Waals surface area contributed by atoms with E-state index >= 15 is 0 Å². The zero-order valence-electron chi connectivity index (χ0n) is 7.74. The molecule has 0 aliphatic carbocycles. The molecule has 0 N–H and O–H groups in total. The molecule has 1 aromatic rings. The van der Waals surface area contributed by atoms with Gasteiger partial charge in [0, 0.05) is 6.07 Å². The van der Waals surface area contributed by atoms with Gasteiger partial charge in [0.1, 0.15) is 0 Å². The number of nitrogens with zero attached hydrogens (tertiary/aromatic N) is 2. The van der Waals surface area contributed by atoms with E-state index in [1.807, 2.05) is 0 Å². The Morgan fingerprint density at radius 1 is 1.12 bits per heavy atom. The second-order valence-electron chi connectivity index (χ2n) is 2.63. The highest BCUT2D eigenvalue weighted by Crippen LogP contribution is 2.34. The lowest BCUT2D eigenvalue weighted by Crippen LogP contribution is -2.02. The lowest BCUT2D eigenvalue weighted by molar-refractivity contribution is 0.174. The van der Waals surface area contributed by atoms with Gasteiger partial charge in [-0.15, -0.1) is 0 Å². The van der Waals surface area contributed by atoms with Crippen LogP contribution in [-0.2, 0) is 0 Å². The van der Waals surface area contributed by atoms with Crippen molar-refractivity contribution >= 4 is 12.9 Å². The third-order valence-electron chi connectivity index (χ3n) is 1.47. The van der Waals surface area contributed by atoms with Crippen LogP contribution in [0.2, 0.25) is 0 Å². The van der Waals surface area contributed by atoms with Crippen LogP contribution in [-0.4, -0.2) is 14.0 Å². The maximum Gasteiger partial charge on any atom is 0.673 e. The molecule has 0 radical (unpaired) electrons. The Labute approximate surface area is 87.5 Å². The first-order chi connectivity index (χ1) is 7.40. The van der Waals surface area contributed by atoms with E-state index < -0.39 is 7.25 Å². The van der Waals surface area contributed by atoms with E-state index in [4.69, 9.17) is 14.9 Å². The predicted molar refractivity (Wildman–Crippen MR) is 47.5 cm³/mol. The van der Waals surface area contributed by atoms with Crippen molar-refractivity contribution < 1.29 is 26.7 Å². The Morgan fingerprint density at radius 2 is 1.69 bits per heavy atom. The SMILES string of the molecule is F[B-](F)(F)F.N#[N+]c1ccc2c(c1)OCO2. The highest BCUT2D eigenvalue weighted by atomic mass is 19.5. The number of ether oxygens (including phenoxy) is 2. The molecule has 0 amide bonds. The Bertz CT molecular complexity index is 412. The minimum Gasteiger partial charge on any atom is -0.454 e. The molecule has 0 fully saturated rings. The maximum atomic E-state index is 9.75. The van der Waals surface area contributed by atoms with E-state index in [0.717, 1.165) is 0 Å². The molecule has 1 aliphatic heterocycles. The quantitative estimate of drug-likeness (QED) is 0.394. The number of rotatable bonds is 0. The molecule has 16 heavy (non-hydrogen) atoms. The Hall–Kier alpha value is -1.98. The van der Waals surface area contributed by atoms with Crippen LogP contribution in [0.25, 0.3) is 4.98 Å². The molecule has 86 valence electrons. The summed E-state index contributed by atoms with van der Waals surface area (Å²) in [5, 5.41) is 8.40. The number of benzene rings is 1. The molecule has 1 aromatic carbocycles. The molecule has 0 saturated heterocycles. The molecule has 0 unspecified atom stereocenters. The number of halogens is 4. The Kier molecular flexibility index (Phi) is 3.55. The van der Waals surface area contributed by atoms with Gasteiger partial charge in [0.05, 0.1) is 6.07 Å².